The average Bonchev–Trinajstić information content (AvgIpc) is 2.47. The Bertz CT molecular complexity index is 676. The van der Waals surface area contributed by atoms with Gasteiger partial charge in [-0.3, -0.25) is 0 Å². The maximum absolute atomic E-state index is 6.25. The van der Waals surface area contributed by atoms with Crippen LogP contribution >= 0.6 is 11.6 Å². The minimum atomic E-state index is 0.453. The summed E-state index contributed by atoms with van der Waals surface area (Å²) in [6.45, 7) is 3.10. The summed E-state index contributed by atoms with van der Waals surface area (Å²) < 4.78 is 11.1. The second-order valence-corrected chi connectivity index (χ2v) is 5.25. The van der Waals surface area contributed by atoms with E-state index in [1.54, 1.807) is 12.1 Å². The minimum Gasteiger partial charge on any atom is -0.486 e. The second-order valence-electron chi connectivity index (χ2n) is 4.84. The summed E-state index contributed by atoms with van der Waals surface area (Å²) in [7, 11) is 0. The van der Waals surface area contributed by atoms with Crippen molar-refractivity contribution < 1.29 is 9.47 Å². The molecule has 2 N–H and O–H groups in total. The summed E-state index contributed by atoms with van der Waals surface area (Å²) in [6, 6.07) is 5.41. The number of hydrogen-bond donors (Lipinski definition) is 1. The molecule has 5 nitrogen and oxygen atoms in total. The molecular formula is C15H16ClN3O2. The Morgan fingerprint density at radius 1 is 1.19 bits per heavy atom. The number of nitrogen functional groups attached to an aromatic ring is 1. The van der Waals surface area contributed by atoms with Crippen molar-refractivity contribution in [1.29, 1.82) is 0 Å². The maximum atomic E-state index is 6.25. The molecule has 1 aromatic carbocycles. The Morgan fingerprint density at radius 3 is 2.81 bits per heavy atom. The van der Waals surface area contributed by atoms with Gasteiger partial charge in [-0.25, -0.2) is 9.97 Å². The van der Waals surface area contributed by atoms with E-state index in [4.69, 9.17) is 26.8 Å². The molecular weight excluding hydrogens is 290 g/mol. The van der Waals surface area contributed by atoms with E-state index in [0.29, 0.717) is 41.4 Å². The van der Waals surface area contributed by atoms with E-state index in [0.717, 1.165) is 24.1 Å². The number of benzene rings is 1. The molecule has 0 spiro atoms. The van der Waals surface area contributed by atoms with Crippen LogP contribution in [0.4, 0.5) is 5.82 Å². The first-order valence-corrected chi connectivity index (χ1v) is 7.28. The molecule has 0 saturated heterocycles. The summed E-state index contributed by atoms with van der Waals surface area (Å²) >= 11 is 6.25. The summed E-state index contributed by atoms with van der Waals surface area (Å²) in [6.07, 6.45) is 1.86. The normalized spacial score (nSPS) is 13.2. The average molecular weight is 306 g/mol. The summed E-state index contributed by atoms with van der Waals surface area (Å²) in [5, 5.41) is 0.491. The largest absolute Gasteiger partial charge is 0.486 e. The van der Waals surface area contributed by atoms with Gasteiger partial charge in [-0.05, 0) is 18.6 Å². The third kappa shape index (κ3) is 2.88. The van der Waals surface area contributed by atoms with Gasteiger partial charge in [0.2, 0.25) is 0 Å². The van der Waals surface area contributed by atoms with Gasteiger partial charge in [0.1, 0.15) is 19.0 Å². The zero-order valence-electron chi connectivity index (χ0n) is 11.7. The van der Waals surface area contributed by atoms with Crippen molar-refractivity contribution in [2.75, 3.05) is 18.9 Å². The van der Waals surface area contributed by atoms with Crippen LogP contribution in [0.3, 0.4) is 0 Å². The van der Waals surface area contributed by atoms with Gasteiger partial charge in [0.15, 0.2) is 17.3 Å². The summed E-state index contributed by atoms with van der Waals surface area (Å²) in [4.78, 5) is 8.83. The van der Waals surface area contributed by atoms with Crippen LogP contribution in [0.2, 0.25) is 5.02 Å². The highest BCUT2D eigenvalue weighted by molar-refractivity contribution is 6.32. The van der Waals surface area contributed by atoms with Crippen molar-refractivity contribution in [2.24, 2.45) is 0 Å². The molecule has 0 bridgehead atoms. The molecule has 1 aliphatic heterocycles. The van der Waals surface area contributed by atoms with E-state index in [9.17, 15) is 0 Å². The highest BCUT2D eigenvalue weighted by Crippen LogP contribution is 2.40. The van der Waals surface area contributed by atoms with E-state index in [2.05, 4.69) is 16.9 Å². The first-order chi connectivity index (χ1) is 10.2. The van der Waals surface area contributed by atoms with Crippen LogP contribution in [0.15, 0.2) is 18.2 Å². The van der Waals surface area contributed by atoms with E-state index in [1.807, 2.05) is 6.07 Å². The molecule has 0 saturated carbocycles. The predicted molar refractivity (Wildman–Crippen MR) is 81.9 cm³/mol. The van der Waals surface area contributed by atoms with E-state index >= 15 is 0 Å². The van der Waals surface area contributed by atoms with Crippen LogP contribution < -0.4 is 15.2 Å². The third-order valence-corrected chi connectivity index (χ3v) is 3.44. The van der Waals surface area contributed by atoms with Crippen molar-refractivity contribution in [3.05, 3.63) is 28.9 Å². The molecule has 1 aliphatic rings. The van der Waals surface area contributed by atoms with Crippen LogP contribution in [0.5, 0.6) is 11.5 Å². The first kappa shape index (κ1) is 13.9. The van der Waals surface area contributed by atoms with Crippen LogP contribution in [-0.2, 0) is 6.42 Å². The zero-order valence-corrected chi connectivity index (χ0v) is 12.5. The van der Waals surface area contributed by atoms with Gasteiger partial charge in [0.05, 0.1) is 5.02 Å². The Kier molecular flexibility index (Phi) is 3.84. The van der Waals surface area contributed by atoms with E-state index in [-0.39, 0.29) is 0 Å². The van der Waals surface area contributed by atoms with Gasteiger partial charge in [-0.1, -0.05) is 24.9 Å². The van der Waals surface area contributed by atoms with E-state index in [1.165, 1.54) is 0 Å². The van der Waals surface area contributed by atoms with Gasteiger partial charge in [-0.2, -0.15) is 0 Å². The van der Waals surface area contributed by atoms with Gasteiger partial charge in [0, 0.05) is 17.3 Å². The number of ether oxygens (including phenoxy) is 2. The molecule has 6 heteroatoms. The molecule has 0 amide bonds. The lowest BCUT2D eigenvalue weighted by Gasteiger charge is -2.20. The monoisotopic (exact) mass is 305 g/mol. The zero-order chi connectivity index (χ0) is 14.8. The van der Waals surface area contributed by atoms with Crippen molar-refractivity contribution >= 4 is 17.4 Å². The number of halogens is 1. The number of nitrogens with zero attached hydrogens (tertiary/aromatic N) is 2. The number of anilines is 1. The van der Waals surface area contributed by atoms with Crippen molar-refractivity contribution in [3.8, 4) is 22.9 Å². The fraction of sp³-hybridized carbons (Fsp3) is 0.333. The van der Waals surface area contributed by atoms with Crippen LogP contribution in [0, 0.1) is 0 Å². The lowest BCUT2D eigenvalue weighted by atomic mass is 10.1. The molecule has 0 atom stereocenters. The topological polar surface area (TPSA) is 70.3 Å². The number of aryl methyl sites for hydroxylation is 1. The maximum Gasteiger partial charge on any atom is 0.179 e. The Morgan fingerprint density at radius 2 is 2.00 bits per heavy atom. The van der Waals surface area contributed by atoms with Gasteiger partial charge in [-0.15, -0.1) is 0 Å². The second kappa shape index (κ2) is 5.77. The van der Waals surface area contributed by atoms with Crippen molar-refractivity contribution in [2.45, 2.75) is 19.8 Å². The molecule has 0 fully saturated rings. The van der Waals surface area contributed by atoms with E-state index < -0.39 is 0 Å². The molecule has 110 valence electrons. The highest BCUT2D eigenvalue weighted by atomic mass is 35.5. The molecule has 0 unspecified atom stereocenters. The number of rotatable bonds is 3. The van der Waals surface area contributed by atoms with Crippen molar-refractivity contribution in [1.82, 2.24) is 9.97 Å². The Hall–Kier alpha value is -2.01. The number of aromatic nitrogens is 2. The van der Waals surface area contributed by atoms with Gasteiger partial charge >= 0.3 is 0 Å². The minimum absolute atomic E-state index is 0.453. The lowest BCUT2D eigenvalue weighted by Crippen LogP contribution is -2.15. The molecule has 2 aromatic rings. The number of fused-ring (bicyclic) bond motifs is 1. The molecule has 0 radical (unpaired) electrons. The molecule has 0 aliphatic carbocycles. The van der Waals surface area contributed by atoms with Gasteiger partial charge in [0.25, 0.3) is 0 Å². The molecule has 3 rings (SSSR count). The van der Waals surface area contributed by atoms with Gasteiger partial charge < -0.3 is 15.2 Å². The molecule has 21 heavy (non-hydrogen) atoms. The van der Waals surface area contributed by atoms with Crippen LogP contribution in [0.1, 0.15) is 19.0 Å². The Labute approximate surface area is 128 Å². The predicted octanol–water partition coefficient (Wildman–Crippen LogP) is 3.10. The number of hydrogen-bond acceptors (Lipinski definition) is 5. The fourth-order valence-electron chi connectivity index (χ4n) is 2.27. The SMILES string of the molecule is CCCc1cc(N)nc(-c2cc(Cl)c3c(c2)OCCO3)n1. The smallest absolute Gasteiger partial charge is 0.179 e. The highest BCUT2D eigenvalue weighted by Gasteiger charge is 2.18. The lowest BCUT2D eigenvalue weighted by molar-refractivity contribution is 0.172. The Balaban J connectivity index is 2.06. The fourth-order valence-corrected chi connectivity index (χ4v) is 2.54. The molecule has 2 heterocycles. The number of nitrogens with two attached hydrogens (primary N) is 1. The first-order valence-electron chi connectivity index (χ1n) is 6.90. The van der Waals surface area contributed by atoms with Crippen LogP contribution in [-0.4, -0.2) is 23.2 Å². The molecule has 1 aromatic heterocycles. The van der Waals surface area contributed by atoms with Crippen molar-refractivity contribution in [3.63, 3.8) is 0 Å². The quantitative estimate of drug-likeness (QED) is 0.943. The standard InChI is InChI=1S/C15H16ClN3O2/c1-2-3-10-8-13(17)19-15(18-10)9-6-11(16)14-12(7-9)20-4-5-21-14/h6-8H,2-5H2,1H3,(H2,17,18,19). The third-order valence-electron chi connectivity index (χ3n) is 3.16. The summed E-state index contributed by atoms with van der Waals surface area (Å²) in [5.41, 5.74) is 7.56. The van der Waals surface area contributed by atoms with Crippen LogP contribution in [0.25, 0.3) is 11.4 Å². The summed E-state index contributed by atoms with van der Waals surface area (Å²) in [5.74, 6) is 2.20.